The molecule has 0 radical (unpaired) electrons. The summed E-state index contributed by atoms with van der Waals surface area (Å²) in [7, 11) is 0. The highest BCUT2D eigenvalue weighted by Crippen LogP contribution is 2.21. The zero-order chi connectivity index (χ0) is 13.9. The molecule has 6 heteroatoms. The summed E-state index contributed by atoms with van der Waals surface area (Å²) in [5, 5.41) is 4.96. The monoisotopic (exact) mass is 369 g/mol. The van der Waals surface area contributed by atoms with E-state index in [4.69, 9.17) is 5.73 Å². The van der Waals surface area contributed by atoms with Crippen molar-refractivity contribution in [1.29, 1.82) is 0 Å². The molecule has 0 aromatic heterocycles. The number of nitrogens with one attached hydrogen (secondary N) is 2. The molecule has 1 aromatic carbocycles. The third-order valence-electron chi connectivity index (χ3n) is 2.76. The van der Waals surface area contributed by atoms with E-state index in [9.17, 15) is 9.59 Å². The third kappa shape index (κ3) is 2.69. The Kier molecular flexibility index (Phi) is 4.01. The molecule has 0 spiro atoms. The number of carbonyl (C=O) groups excluding carboxylic acids is 2. The number of amides is 2. The Hall–Kier alpha value is -1.67. The summed E-state index contributed by atoms with van der Waals surface area (Å²) in [4.78, 5) is 23.9. The Bertz CT molecular complexity index is 569. The second-order valence-electron chi connectivity index (χ2n) is 3.99. The van der Waals surface area contributed by atoms with E-state index in [1.165, 1.54) is 6.20 Å². The van der Waals surface area contributed by atoms with Gasteiger partial charge in [-0.25, -0.2) is 4.79 Å². The van der Waals surface area contributed by atoms with Crippen LogP contribution in [0.3, 0.4) is 0 Å². The lowest BCUT2D eigenvalue weighted by Gasteiger charge is -2.33. The average Bonchev–Trinajstić information content (AvgIpc) is 2.42. The lowest BCUT2D eigenvalue weighted by Crippen LogP contribution is -2.66. The molecule has 1 aliphatic rings. The van der Waals surface area contributed by atoms with Crippen molar-refractivity contribution in [3.63, 3.8) is 0 Å². The highest BCUT2D eigenvalue weighted by atomic mass is 127. The Labute approximate surface area is 124 Å². The van der Waals surface area contributed by atoms with Crippen LogP contribution in [0.25, 0.3) is 0 Å². The smallest absolute Gasteiger partial charge is 0.314 e. The van der Waals surface area contributed by atoms with Crippen LogP contribution < -0.4 is 16.4 Å². The summed E-state index contributed by atoms with van der Waals surface area (Å²) in [5.41, 5.74) is 5.50. The molecule has 2 amide bonds. The number of hydrogen-bond donors (Lipinski definition) is 3. The van der Waals surface area contributed by atoms with E-state index in [0.717, 1.165) is 0 Å². The maximum atomic E-state index is 12.5. The molecule has 1 unspecified atom stereocenters. The van der Waals surface area contributed by atoms with Crippen LogP contribution in [-0.2, 0) is 0 Å². The number of rotatable bonds is 3. The molecule has 0 aliphatic carbocycles. The molecule has 0 saturated heterocycles. The van der Waals surface area contributed by atoms with Gasteiger partial charge in [0.25, 0.3) is 0 Å². The topological polar surface area (TPSA) is 84.2 Å². The number of halogens is 1. The van der Waals surface area contributed by atoms with E-state index < -0.39 is 11.7 Å². The van der Waals surface area contributed by atoms with Gasteiger partial charge >= 0.3 is 6.03 Å². The molecular weight excluding hydrogens is 357 g/mol. The number of carbonyl (C=O) groups is 2. The molecule has 5 nitrogen and oxygen atoms in total. The van der Waals surface area contributed by atoms with Gasteiger partial charge in [0.05, 0.1) is 0 Å². The van der Waals surface area contributed by atoms with Gasteiger partial charge in [0.15, 0.2) is 5.66 Å². The number of nitrogens with two attached hydrogens (primary N) is 1. The fraction of sp³-hybridized carbons (Fsp3) is 0.0769. The van der Waals surface area contributed by atoms with Crippen LogP contribution >= 0.6 is 22.6 Å². The van der Waals surface area contributed by atoms with Gasteiger partial charge in [-0.05, 0) is 10.2 Å². The van der Waals surface area contributed by atoms with Crippen molar-refractivity contribution in [2.75, 3.05) is 0 Å². The molecule has 19 heavy (non-hydrogen) atoms. The van der Waals surface area contributed by atoms with Crippen LogP contribution in [0.4, 0.5) is 4.79 Å². The number of Topliss-reactive ketones (excluding diaryl/α,β-unsaturated/α-hetero) is 1. The molecule has 4 N–H and O–H groups in total. The lowest BCUT2D eigenvalue weighted by atomic mass is 9.90. The largest absolute Gasteiger partial charge is 0.320 e. The highest BCUT2D eigenvalue weighted by molar-refractivity contribution is 14.1. The van der Waals surface area contributed by atoms with Crippen molar-refractivity contribution in [1.82, 2.24) is 10.6 Å². The molecule has 0 fully saturated rings. The Morgan fingerprint density at radius 3 is 2.63 bits per heavy atom. The number of ketones is 1. The van der Waals surface area contributed by atoms with Crippen LogP contribution in [0.2, 0.25) is 0 Å². The van der Waals surface area contributed by atoms with E-state index in [1.54, 1.807) is 34.4 Å². The first-order valence-corrected chi connectivity index (χ1v) is 6.77. The highest BCUT2D eigenvalue weighted by Gasteiger charge is 2.41. The zero-order valence-electron chi connectivity index (χ0n) is 9.89. The second-order valence-corrected chi connectivity index (χ2v) is 4.71. The molecule has 1 aromatic rings. The van der Waals surface area contributed by atoms with Gasteiger partial charge in [0, 0.05) is 17.3 Å². The van der Waals surface area contributed by atoms with Gasteiger partial charge < -0.3 is 10.6 Å². The molecule has 98 valence electrons. The molecule has 0 saturated carbocycles. The maximum Gasteiger partial charge on any atom is 0.320 e. The van der Waals surface area contributed by atoms with E-state index in [1.807, 2.05) is 28.7 Å². The van der Waals surface area contributed by atoms with Crippen LogP contribution in [0.5, 0.6) is 0 Å². The first kappa shape index (κ1) is 13.8. The molecule has 2 rings (SSSR count). The first-order valence-electron chi connectivity index (χ1n) is 5.53. The Balaban J connectivity index is 2.44. The van der Waals surface area contributed by atoms with E-state index >= 15 is 0 Å². The van der Waals surface area contributed by atoms with Gasteiger partial charge in [0.1, 0.15) is 0 Å². The predicted molar refractivity (Wildman–Crippen MR) is 80.6 cm³/mol. The standard InChI is InChI=1S/C13H12IN3O2/c14-7-6-10-8-16-12(19)17-13(10,15)11(18)9-4-2-1-3-5-9/h1-8H,15H2,(H2,16,17,19). The van der Waals surface area contributed by atoms with Crippen molar-refractivity contribution in [2.45, 2.75) is 5.66 Å². The molecule has 1 aliphatic heterocycles. The maximum absolute atomic E-state index is 12.5. The van der Waals surface area contributed by atoms with Gasteiger partial charge in [-0.15, -0.1) is 0 Å². The summed E-state index contributed by atoms with van der Waals surface area (Å²) in [6, 6.07) is 8.13. The van der Waals surface area contributed by atoms with Crippen molar-refractivity contribution in [3.8, 4) is 0 Å². The molecule has 1 atom stereocenters. The van der Waals surface area contributed by atoms with Gasteiger partial charge in [-0.3, -0.25) is 10.5 Å². The SMILES string of the molecule is NC1(C(=O)c2ccccc2)NC(=O)NC=C1C=CI. The predicted octanol–water partition coefficient (Wildman–Crippen LogP) is 1.67. The van der Waals surface area contributed by atoms with E-state index in [-0.39, 0.29) is 5.78 Å². The normalized spacial score (nSPS) is 22.6. The average molecular weight is 369 g/mol. The summed E-state index contributed by atoms with van der Waals surface area (Å²) >= 11 is 2.02. The van der Waals surface area contributed by atoms with E-state index in [0.29, 0.717) is 11.1 Å². The molecule has 0 bridgehead atoms. The minimum atomic E-state index is -1.55. The summed E-state index contributed by atoms with van der Waals surface area (Å²) in [6.07, 6.45) is 3.11. The molecule has 1 heterocycles. The van der Waals surface area contributed by atoms with Gasteiger partial charge in [0.2, 0.25) is 5.78 Å². The zero-order valence-corrected chi connectivity index (χ0v) is 12.0. The second kappa shape index (κ2) is 5.54. The van der Waals surface area contributed by atoms with Crippen LogP contribution in [0.1, 0.15) is 10.4 Å². The summed E-state index contributed by atoms with van der Waals surface area (Å²) in [6.45, 7) is 0. The van der Waals surface area contributed by atoms with Gasteiger partial charge in [-0.1, -0.05) is 52.9 Å². The minimum absolute atomic E-state index is 0.358. The fourth-order valence-electron chi connectivity index (χ4n) is 1.80. The lowest BCUT2D eigenvalue weighted by molar-refractivity contribution is 0.0891. The molecular formula is C13H12IN3O2. The minimum Gasteiger partial charge on any atom is -0.314 e. The van der Waals surface area contributed by atoms with Crippen LogP contribution in [0, 0.1) is 0 Å². The van der Waals surface area contributed by atoms with Crippen LogP contribution in [-0.4, -0.2) is 17.5 Å². The Morgan fingerprint density at radius 2 is 2.00 bits per heavy atom. The quantitative estimate of drug-likeness (QED) is 0.560. The van der Waals surface area contributed by atoms with Crippen molar-refractivity contribution < 1.29 is 9.59 Å². The van der Waals surface area contributed by atoms with E-state index in [2.05, 4.69) is 10.6 Å². The van der Waals surface area contributed by atoms with Crippen molar-refractivity contribution in [2.24, 2.45) is 5.73 Å². The summed E-state index contributed by atoms with van der Waals surface area (Å²) < 4.78 is 1.72. The van der Waals surface area contributed by atoms with Crippen molar-refractivity contribution >= 4 is 34.4 Å². The fourth-order valence-corrected chi connectivity index (χ4v) is 2.18. The van der Waals surface area contributed by atoms with Gasteiger partial charge in [-0.2, -0.15) is 0 Å². The number of urea groups is 1. The van der Waals surface area contributed by atoms with Crippen molar-refractivity contribution in [3.05, 3.63) is 57.8 Å². The summed E-state index contributed by atoms with van der Waals surface area (Å²) in [5.74, 6) is -0.358. The number of benzene rings is 1. The van der Waals surface area contributed by atoms with Crippen LogP contribution in [0.15, 0.2) is 52.3 Å². The first-order chi connectivity index (χ1) is 9.08. The third-order valence-corrected chi connectivity index (χ3v) is 3.12. The Morgan fingerprint density at radius 1 is 1.32 bits per heavy atom. The number of hydrogen-bond acceptors (Lipinski definition) is 3.